The lowest BCUT2D eigenvalue weighted by Crippen LogP contribution is -2.31. The van der Waals surface area contributed by atoms with E-state index in [9.17, 15) is 22.0 Å². The SMILES string of the molecule is O=C(Nc1ccccc1F)c1nnc(C2CCCN2S(=O)(=O)c2ccccc2F)s1. The summed E-state index contributed by atoms with van der Waals surface area (Å²) in [5, 5.41) is 10.5. The molecule has 1 aliphatic heterocycles. The second kappa shape index (κ2) is 8.17. The van der Waals surface area contributed by atoms with E-state index in [2.05, 4.69) is 15.5 Å². The van der Waals surface area contributed by atoms with Gasteiger partial charge < -0.3 is 5.32 Å². The van der Waals surface area contributed by atoms with Crippen molar-refractivity contribution >= 4 is 33.0 Å². The van der Waals surface area contributed by atoms with E-state index in [0.29, 0.717) is 17.8 Å². The van der Waals surface area contributed by atoms with Gasteiger partial charge in [0.2, 0.25) is 15.0 Å². The molecule has 156 valence electrons. The monoisotopic (exact) mass is 450 g/mol. The molecule has 0 saturated carbocycles. The van der Waals surface area contributed by atoms with Crippen molar-refractivity contribution in [2.24, 2.45) is 0 Å². The first-order valence-corrected chi connectivity index (χ1v) is 11.3. The van der Waals surface area contributed by atoms with Crippen LogP contribution in [0.1, 0.15) is 33.7 Å². The van der Waals surface area contributed by atoms with Crippen molar-refractivity contribution in [3.63, 3.8) is 0 Å². The number of nitrogens with zero attached hydrogens (tertiary/aromatic N) is 3. The summed E-state index contributed by atoms with van der Waals surface area (Å²) in [6.07, 6.45) is 1.03. The van der Waals surface area contributed by atoms with Crippen molar-refractivity contribution < 1.29 is 22.0 Å². The van der Waals surface area contributed by atoms with Crippen LogP contribution in [0.5, 0.6) is 0 Å². The Bertz CT molecular complexity index is 1200. The van der Waals surface area contributed by atoms with Crippen LogP contribution in [0.3, 0.4) is 0 Å². The molecule has 0 radical (unpaired) electrons. The maximum Gasteiger partial charge on any atom is 0.286 e. The number of hydrogen-bond acceptors (Lipinski definition) is 6. The summed E-state index contributed by atoms with van der Waals surface area (Å²) in [4.78, 5) is 12.0. The van der Waals surface area contributed by atoms with E-state index in [1.165, 1.54) is 40.7 Å². The molecule has 2 heterocycles. The van der Waals surface area contributed by atoms with Gasteiger partial charge in [0.1, 0.15) is 21.5 Å². The van der Waals surface area contributed by atoms with E-state index in [0.717, 1.165) is 17.4 Å². The van der Waals surface area contributed by atoms with Gasteiger partial charge in [-0.15, -0.1) is 10.2 Å². The topological polar surface area (TPSA) is 92.3 Å². The van der Waals surface area contributed by atoms with E-state index in [4.69, 9.17) is 0 Å². The highest BCUT2D eigenvalue weighted by atomic mass is 32.2. The number of sulfonamides is 1. The minimum Gasteiger partial charge on any atom is -0.317 e. The first-order valence-electron chi connectivity index (χ1n) is 9.03. The molecule has 1 atom stereocenters. The second-order valence-electron chi connectivity index (χ2n) is 6.58. The second-order valence-corrected chi connectivity index (χ2v) is 9.45. The number of carbonyl (C=O) groups is 1. The number of nitrogens with one attached hydrogen (secondary N) is 1. The summed E-state index contributed by atoms with van der Waals surface area (Å²) in [6, 6.07) is 10.2. The zero-order valence-corrected chi connectivity index (χ0v) is 17.1. The average Bonchev–Trinajstić information content (AvgIpc) is 3.39. The number of anilines is 1. The molecule has 1 fully saturated rings. The first kappa shape index (κ1) is 20.5. The third kappa shape index (κ3) is 3.83. The van der Waals surface area contributed by atoms with Gasteiger partial charge in [-0.3, -0.25) is 4.79 Å². The molecule has 1 aliphatic rings. The third-order valence-electron chi connectivity index (χ3n) is 4.67. The Balaban J connectivity index is 1.57. The van der Waals surface area contributed by atoms with Crippen LogP contribution in [0.15, 0.2) is 53.4 Å². The summed E-state index contributed by atoms with van der Waals surface area (Å²) in [5.74, 6) is -2.07. The molecule has 7 nitrogen and oxygen atoms in total. The lowest BCUT2D eigenvalue weighted by atomic mass is 10.2. The molecule has 1 unspecified atom stereocenters. The highest BCUT2D eigenvalue weighted by molar-refractivity contribution is 7.89. The van der Waals surface area contributed by atoms with Gasteiger partial charge in [0.15, 0.2) is 0 Å². The molecule has 4 rings (SSSR count). The third-order valence-corrected chi connectivity index (χ3v) is 7.63. The molecule has 1 saturated heterocycles. The smallest absolute Gasteiger partial charge is 0.286 e. The van der Waals surface area contributed by atoms with Crippen molar-refractivity contribution in [2.75, 3.05) is 11.9 Å². The van der Waals surface area contributed by atoms with E-state index in [-0.39, 0.29) is 17.2 Å². The summed E-state index contributed by atoms with van der Waals surface area (Å²) in [5.41, 5.74) is 0.00359. The number of halogens is 2. The van der Waals surface area contributed by atoms with Crippen LogP contribution < -0.4 is 5.32 Å². The van der Waals surface area contributed by atoms with Gasteiger partial charge in [0.05, 0.1) is 11.7 Å². The van der Waals surface area contributed by atoms with Gasteiger partial charge in [-0.25, -0.2) is 17.2 Å². The quantitative estimate of drug-likeness (QED) is 0.641. The fourth-order valence-electron chi connectivity index (χ4n) is 3.25. The van der Waals surface area contributed by atoms with E-state index < -0.39 is 38.5 Å². The van der Waals surface area contributed by atoms with Crippen LogP contribution in [-0.2, 0) is 10.0 Å². The Labute approximate surface area is 175 Å². The molecule has 0 aliphatic carbocycles. The van der Waals surface area contributed by atoms with E-state index >= 15 is 0 Å². The molecule has 1 aromatic heterocycles. The molecule has 30 heavy (non-hydrogen) atoms. The predicted molar refractivity (Wildman–Crippen MR) is 107 cm³/mol. The van der Waals surface area contributed by atoms with Crippen molar-refractivity contribution in [3.05, 3.63) is 70.2 Å². The molecule has 2 aromatic carbocycles. The van der Waals surface area contributed by atoms with Crippen LogP contribution in [0.2, 0.25) is 0 Å². The first-order chi connectivity index (χ1) is 14.4. The van der Waals surface area contributed by atoms with Gasteiger partial charge >= 0.3 is 0 Å². The number of para-hydroxylation sites is 1. The molecule has 3 aromatic rings. The average molecular weight is 450 g/mol. The van der Waals surface area contributed by atoms with Gasteiger partial charge in [-0.05, 0) is 37.1 Å². The highest BCUT2D eigenvalue weighted by Crippen LogP contribution is 2.38. The van der Waals surface area contributed by atoms with Crippen LogP contribution in [0.4, 0.5) is 14.5 Å². The fourth-order valence-corrected chi connectivity index (χ4v) is 5.93. The standard InChI is InChI=1S/C19H16F2N4O3S2/c20-12-6-1-3-8-14(12)22-17(26)19-24-23-18(29-19)15-9-5-11-25(15)30(27,28)16-10-4-2-7-13(16)21/h1-4,6-8,10,15H,5,9,11H2,(H,22,26). The maximum atomic E-state index is 14.1. The van der Waals surface area contributed by atoms with Gasteiger partial charge in [0.25, 0.3) is 5.91 Å². The van der Waals surface area contributed by atoms with Crippen molar-refractivity contribution in [1.29, 1.82) is 0 Å². The molecule has 1 amide bonds. The Morgan fingerprint density at radius 1 is 1.07 bits per heavy atom. The Morgan fingerprint density at radius 3 is 2.50 bits per heavy atom. The minimum atomic E-state index is -4.08. The fraction of sp³-hybridized carbons (Fsp3) is 0.211. The van der Waals surface area contributed by atoms with Crippen molar-refractivity contribution in [2.45, 2.75) is 23.8 Å². The summed E-state index contributed by atoms with van der Waals surface area (Å²) in [7, 11) is -4.08. The van der Waals surface area contributed by atoms with Gasteiger partial charge in [0, 0.05) is 6.54 Å². The van der Waals surface area contributed by atoms with Crippen LogP contribution in [0, 0.1) is 11.6 Å². The predicted octanol–water partition coefficient (Wildman–Crippen LogP) is 3.59. The number of aromatic nitrogens is 2. The number of hydrogen-bond donors (Lipinski definition) is 1. The molecule has 0 spiro atoms. The molecular formula is C19H16F2N4O3S2. The number of carbonyl (C=O) groups excluding carboxylic acids is 1. The minimum absolute atomic E-state index is 0.00359. The number of amides is 1. The largest absolute Gasteiger partial charge is 0.317 e. The lowest BCUT2D eigenvalue weighted by molar-refractivity contribution is 0.102. The molecule has 0 bridgehead atoms. The van der Waals surface area contributed by atoms with Crippen molar-refractivity contribution in [1.82, 2.24) is 14.5 Å². The zero-order chi connectivity index (χ0) is 21.3. The Kier molecular flexibility index (Phi) is 5.58. The maximum absolute atomic E-state index is 14.1. The van der Waals surface area contributed by atoms with E-state index in [1.54, 1.807) is 6.07 Å². The van der Waals surface area contributed by atoms with Crippen LogP contribution >= 0.6 is 11.3 Å². The molecule has 11 heteroatoms. The summed E-state index contributed by atoms with van der Waals surface area (Å²) < 4.78 is 55.0. The van der Waals surface area contributed by atoms with Gasteiger partial charge in [-0.2, -0.15) is 4.31 Å². The van der Waals surface area contributed by atoms with Crippen LogP contribution in [0.25, 0.3) is 0 Å². The lowest BCUT2D eigenvalue weighted by Gasteiger charge is -2.22. The molecular weight excluding hydrogens is 434 g/mol. The Hall–Kier alpha value is -2.76. The van der Waals surface area contributed by atoms with Crippen LogP contribution in [-0.4, -0.2) is 35.4 Å². The summed E-state index contributed by atoms with van der Waals surface area (Å²) >= 11 is 0.926. The van der Waals surface area contributed by atoms with Gasteiger partial charge in [-0.1, -0.05) is 35.6 Å². The summed E-state index contributed by atoms with van der Waals surface area (Å²) in [6.45, 7) is 0.206. The Morgan fingerprint density at radius 2 is 1.77 bits per heavy atom. The highest BCUT2D eigenvalue weighted by Gasteiger charge is 2.39. The van der Waals surface area contributed by atoms with Crippen molar-refractivity contribution in [3.8, 4) is 0 Å². The molecule has 1 N–H and O–H groups in total. The normalized spacial score (nSPS) is 17.2. The zero-order valence-electron chi connectivity index (χ0n) is 15.5. The number of rotatable bonds is 5. The number of benzene rings is 2. The van der Waals surface area contributed by atoms with E-state index in [1.807, 2.05) is 0 Å².